The van der Waals surface area contributed by atoms with Gasteiger partial charge in [0, 0.05) is 16.7 Å². The van der Waals surface area contributed by atoms with E-state index in [4.69, 9.17) is 16.3 Å². The van der Waals surface area contributed by atoms with Crippen molar-refractivity contribution in [3.63, 3.8) is 0 Å². The molecule has 4 aromatic rings. The summed E-state index contributed by atoms with van der Waals surface area (Å²) in [5.74, 6) is -0.314. The molecule has 0 aliphatic carbocycles. The van der Waals surface area contributed by atoms with E-state index >= 15 is 0 Å². The smallest absolute Gasteiger partial charge is 0.311 e. The molecule has 1 amide bonds. The van der Waals surface area contributed by atoms with Gasteiger partial charge in [0.2, 0.25) is 0 Å². The molecular weight excluding hydrogens is 438 g/mol. The zero-order chi connectivity index (χ0) is 22.0. The summed E-state index contributed by atoms with van der Waals surface area (Å²) in [6.45, 7) is 0.257. The quantitative estimate of drug-likeness (QED) is 0.275. The summed E-state index contributed by atoms with van der Waals surface area (Å²) in [4.78, 5) is 30.4. The highest BCUT2D eigenvalue weighted by molar-refractivity contribution is 7.22. The maximum atomic E-state index is 13.5. The second kappa shape index (κ2) is 8.71. The van der Waals surface area contributed by atoms with E-state index in [0.29, 0.717) is 10.2 Å². The maximum Gasteiger partial charge on any atom is 0.311 e. The van der Waals surface area contributed by atoms with Gasteiger partial charge in [0.05, 0.1) is 28.8 Å². The fourth-order valence-electron chi connectivity index (χ4n) is 3.12. The molecule has 156 valence electrons. The number of carbonyl (C=O) groups is 1. The number of rotatable bonds is 6. The number of anilines is 1. The largest absolute Gasteiger partial charge is 0.490 e. The van der Waals surface area contributed by atoms with Gasteiger partial charge < -0.3 is 4.74 Å². The lowest BCUT2D eigenvalue weighted by molar-refractivity contribution is -0.385. The van der Waals surface area contributed by atoms with E-state index in [1.54, 1.807) is 18.2 Å². The number of thiazole rings is 1. The molecule has 1 aromatic heterocycles. The lowest BCUT2D eigenvalue weighted by Gasteiger charge is -2.20. The summed E-state index contributed by atoms with van der Waals surface area (Å²) in [6.07, 6.45) is 0. The monoisotopic (exact) mass is 453 g/mol. The van der Waals surface area contributed by atoms with Crippen molar-refractivity contribution in [1.29, 1.82) is 0 Å². The van der Waals surface area contributed by atoms with Gasteiger partial charge in [0.25, 0.3) is 5.91 Å². The maximum absolute atomic E-state index is 13.5. The van der Waals surface area contributed by atoms with Gasteiger partial charge in [0.1, 0.15) is 0 Å². The summed E-state index contributed by atoms with van der Waals surface area (Å²) < 4.78 is 5.89. The fraction of sp³-hybridized carbons (Fsp3) is 0.0909. The van der Waals surface area contributed by atoms with Crippen molar-refractivity contribution in [1.82, 2.24) is 4.98 Å². The second-order valence-corrected chi connectivity index (χ2v) is 8.07. The Bertz CT molecular complexity index is 1280. The molecule has 0 saturated carbocycles. The molecule has 7 nitrogen and oxygen atoms in total. The highest BCUT2D eigenvalue weighted by Crippen LogP contribution is 2.34. The van der Waals surface area contributed by atoms with Crippen molar-refractivity contribution >= 4 is 49.9 Å². The number of nitro groups is 1. The van der Waals surface area contributed by atoms with Crippen molar-refractivity contribution in [3.8, 4) is 5.75 Å². The molecule has 0 saturated heterocycles. The van der Waals surface area contributed by atoms with E-state index in [2.05, 4.69) is 4.98 Å². The Morgan fingerprint density at radius 2 is 1.94 bits per heavy atom. The molecule has 0 bridgehead atoms. The number of hydrogen-bond acceptors (Lipinski definition) is 6. The summed E-state index contributed by atoms with van der Waals surface area (Å²) in [6, 6.07) is 18.9. The van der Waals surface area contributed by atoms with Crippen molar-refractivity contribution < 1.29 is 14.5 Å². The first-order valence-corrected chi connectivity index (χ1v) is 10.4. The molecule has 0 radical (unpaired) electrons. The van der Waals surface area contributed by atoms with E-state index < -0.39 is 10.8 Å². The van der Waals surface area contributed by atoms with Crippen LogP contribution in [-0.4, -0.2) is 22.9 Å². The SMILES string of the molecule is COc1ccc(C(=O)N(Cc2ccccc2)c2nc3ccc(Cl)cc3s2)cc1[N+](=O)[O-]. The predicted molar refractivity (Wildman–Crippen MR) is 121 cm³/mol. The van der Waals surface area contributed by atoms with Crippen LogP contribution in [0.15, 0.2) is 66.7 Å². The van der Waals surface area contributed by atoms with Gasteiger partial charge in [-0.25, -0.2) is 4.98 Å². The van der Waals surface area contributed by atoms with Crippen LogP contribution in [0.3, 0.4) is 0 Å². The van der Waals surface area contributed by atoms with Gasteiger partial charge in [-0.2, -0.15) is 0 Å². The van der Waals surface area contributed by atoms with Gasteiger partial charge in [-0.1, -0.05) is 53.3 Å². The highest BCUT2D eigenvalue weighted by Gasteiger charge is 2.25. The summed E-state index contributed by atoms with van der Waals surface area (Å²) in [5, 5.41) is 12.5. The number of nitrogens with zero attached hydrogens (tertiary/aromatic N) is 3. The minimum atomic E-state index is -0.573. The van der Waals surface area contributed by atoms with Gasteiger partial charge in [0.15, 0.2) is 10.9 Å². The lowest BCUT2D eigenvalue weighted by atomic mass is 10.1. The molecule has 0 spiro atoms. The lowest BCUT2D eigenvalue weighted by Crippen LogP contribution is -2.30. The van der Waals surface area contributed by atoms with Crippen molar-refractivity contribution in [3.05, 3.63) is 93.0 Å². The Morgan fingerprint density at radius 3 is 2.65 bits per heavy atom. The van der Waals surface area contributed by atoms with Crippen LogP contribution in [0.4, 0.5) is 10.8 Å². The molecule has 31 heavy (non-hydrogen) atoms. The first-order chi connectivity index (χ1) is 15.0. The summed E-state index contributed by atoms with van der Waals surface area (Å²) in [7, 11) is 1.35. The van der Waals surface area contributed by atoms with Crippen LogP contribution in [0.2, 0.25) is 5.02 Å². The minimum absolute atomic E-state index is 0.0887. The first kappa shape index (κ1) is 20.8. The van der Waals surface area contributed by atoms with Crippen LogP contribution in [0.1, 0.15) is 15.9 Å². The van der Waals surface area contributed by atoms with E-state index in [9.17, 15) is 14.9 Å². The molecule has 0 unspecified atom stereocenters. The number of nitro benzene ring substituents is 1. The van der Waals surface area contributed by atoms with Gasteiger partial charge >= 0.3 is 5.69 Å². The Morgan fingerprint density at radius 1 is 1.16 bits per heavy atom. The molecule has 4 rings (SSSR count). The van der Waals surface area contributed by atoms with Crippen LogP contribution < -0.4 is 9.64 Å². The van der Waals surface area contributed by atoms with Gasteiger partial charge in [-0.05, 0) is 35.9 Å². The van der Waals surface area contributed by atoms with Crippen LogP contribution in [0.5, 0.6) is 5.75 Å². The Labute approximate surface area is 186 Å². The topological polar surface area (TPSA) is 85.6 Å². The molecular formula is C22H16ClN3O4S. The molecule has 0 fully saturated rings. The van der Waals surface area contributed by atoms with Crippen molar-refractivity contribution in [2.45, 2.75) is 6.54 Å². The van der Waals surface area contributed by atoms with E-state index in [1.807, 2.05) is 30.3 Å². The molecule has 0 aliphatic heterocycles. The third-order valence-corrected chi connectivity index (χ3v) is 5.90. The Kier molecular flexibility index (Phi) is 5.83. The average Bonchev–Trinajstić information content (AvgIpc) is 3.20. The number of methoxy groups -OCH3 is 1. The summed E-state index contributed by atoms with van der Waals surface area (Å²) >= 11 is 7.42. The molecule has 0 atom stereocenters. The van der Waals surface area contributed by atoms with Crippen molar-refractivity contribution in [2.24, 2.45) is 0 Å². The average molecular weight is 454 g/mol. The third kappa shape index (κ3) is 4.35. The third-order valence-electron chi connectivity index (χ3n) is 4.62. The van der Waals surface area contributed by atoms with Crippen LogP contribution in [0.25, 0.3) is 10.2 Å². The number of hydrogen-bond donors (Lipinski definition) is 0. The number of aromatic nitrogens is 1. The second-order valence-electron chi connectivity index (χ2n) is 6.63. The van der Waals surface area contributed by atoms with E-state index in [1.165, 1.54) is 41.5 Å². The van der Waals surface area contributed by atoms with Crippen molar-refractivity contribution in [2.75, 3.05) is 12.0 Å². The standard InChI is InChI=1S/C22H16ClN3O4S/c1-30-19-10-7-15(11-18(19)26(28)29)21(27)25(13-14-5-3-2-4-6-14)22-24-17-9-8-16(23)12-20(17)31-22/h2-12H,13H2,1H3. The molecule has 0 N–H and O–H groups in total. The normalized spacial score (nSPS) is 10.8. The number of halogens is 1. The number of benzene rings is 3. The molecule has 9 heteroatoms. The number of ether oxygens (including phenoxy) is 1. The highest BCUT2D eigenvalue weighted by atomic mass is 35.5. The van der Waals surface area contributed by atoms with Crippen LogP contribution >= 0.6 is 22.9 Å². The fourth-order valence-corrected chi connectivity index (χ4v) is 4.35. The van der Waals surface area contributed by atoms with E-state index in [-0.39, 0.29) is 23.5 Å². The molecule has 0 aliphatic rings. The zero-order valence-corrected chi connectivity index (χ0v) is 17.9. The van der Waals surface area contributed by atoms with Crippen LogP contribution in [-0.2, 0) is 6.54 Å². The predicted octanol–water partition coefficient (Wildman–Crippen LogP) is 5.71. The zero-order valence-electron chi connectivity index (χ0n) is 16.3. The summed E-state index contributed by atoms with van der Waals surface area (Å²) in [5.41, 5.74) is 1.51. The van der Waals surface area contributed by atoms with E-state index in [0.717, 1.165) is 15.8 Å². The number of carbonyl (C=O) groups excluding carboxylic acids is 1. The molecule has 3 aromatic carbocycles. The van der Waals surface area contributed by atoms with Crippen LogP contribution in [0, 0.1) is 10.1 Å². The number of fused-ring (bicyclic) bond motifs is 1. The minimum Gasteiger partial charge on any atom is -0.490 e. The van der Waals surface area contributed by atoms with Gasteiger partial charge in [-0.15, -0.1) is 0 Å². The number of amides is 1. The first-order valence-electron chi connectivity index (χ1n) is 9.20. The molecule has 1 heterocycles. The Hall–Kier alpha value is -3.49. The Balaban J connectivity index is 1.79. The van der Waals surface area contributed by atoms with Gasteiger partial charge in [-0.3, -0.25) is 19.8 Å².